The quantitative estimate of drug-likeness (QED) is 0.866. The third kappa shape index (κ3) is 2.72. The fourth-order valence-corrected chi connectivity index (χ4v) is 3.83. The molecule has 1 aliphatic heterocycles. The Bertz CT molecular complexity index is 521. The van der Waals surface area contributed by atoms with E-state index in [1.807, 2.05) is 16.8 Å². The average molecular weight is 283 g/mol. The molecule has 3 rings (SSSR count). The van der Waals surface area contributed by atoms with Gasteiger partial charge < -0.3 is 4.52 Å². The molecule has 0 atom stereocenters. The molecule has 0 saturated heterocycles. The number of hydrogen-bond acceptors (Lipinski definition) is 7. The van der Waals surface area contributed by atoms with Gasteiger partial charge in [0, 0.05) is 11.1 Å². The van der Waals surface area contributed by atoms with Gasteiger partial charge in [-0.3, -0.25) is 4.99 Å². The monoisotopic (exact) mass is 283 g/mol. The molecular weight excluding hydrogens is 274 g/mol. The van der Waals surface area contributed by atoms with E-state index in [1.54, 1.807) is 34.9 Å². The van der Waals surface area contributed by atoms with E-state index in [0.717, 1.165) is 33.8 Å². The molecule has 1 aliphatic rings. The molecular formula is C10H9N3OS3. The summed E-state index contributed by atoms with van der Waals surface area (Å²) in [6.07, 6.45) is 0. The number of thiophene rings is 1. The van der Waals surface area contributed by atoms with Crippen LogP contribution in [0.15, 0.2) is 26.3 Å². The van der Waals surface area contributed by atoms with Gasteiger partial charge in [0.1, 0.15) is 4.38 Å². The van der Waals surface area contributed by atoms with E-state index in [4.69, 9.17) is 4.52 Å². The third-order valence-electron chi connectivity index (χ3n) is 2.12. The first kappa shape index (κ1) is 11.3. The van der Waals surface area contributed by atoms with E-state index in [2.05, 4.69) is 15.1 Å². The first-order chi connectivity index (χ1) is 8.42. The van der Waals surface area contributed by atoms with E-state index >= 15 is 0 Å². The Hall–Kier alpha value is -0.790. The molecule has 2 aromatic heterocycles. The van der Waals surface area contributed by atoms with Gasteiger partial charge in [0.05, 0.1) is 17.9 Å². The molecule has 4 nitrogen and oxygen atoms in total. The summed E-state index contributed by atoms with van der Waals surface area (Å²) in [5.74, 6) is 3.14. The summed E-state index contributed by atoms with van der Waals surface area (Å²) in [6.45, 7) is 0.930. The van der Waals surface area contributed by atoms with Crippen molar-refractivity contribution in [3.05, 3.63) is 22.7 Å². The van der Waals surface area contributed by atoms with Crippen molar-refractivity contribution < 1.29 is 4.52 Å². The van der Waals surface area contributed by atoms with E-state index in [-0.39, 0.29) is 0 Å². The fraction of sp³-hybridized carbons (Fsp3) is 0.300. The zero-order chi connectivity index (χ0) is 11.5. The van der Waals surface area contributed by atoms with Gasteiger partial charge in [-0.15, -0.1) is 0 Å². The highest BCUT2D eigenvalue weighted by atomic mass is 32.2. The molecule has 0 fully saturated rings. The van der Waals surface area contributed by atoms with Crippen LogP contribution in [0.3, 0.4) is 0 Å². The summed E-state index contributed by atoms with van der Waals surface area (Å²) in [4.78, 5) is 8.72. The predicted molar refractivity (Wildman–Crippen MR) is 73.7 cm³/mol. The lowest BCUT2D eigenvalue weighted by Gasteiger charge is -1.93. The number of aromatic nitrogens is 2. The van der Waals surface area contributed by atoms with Crippen molar-refractivity contribution in [2.75, 3.05) is 12.3 Å². The standard InChI is InChI=1S/C10H9N3OS3/c1-3-15-5-7(1)9-12-8(13-14-9)6-17-10-11-2-4-16-10/h1,3,5H,2,4,6H2. The Morgan fingerprint density at radius 3 is 3.24 bits per heavy atom. The van der Waals surface area contributed by atoms with Crippen LogP contribution in [-0.2, 0) is 5.75 Å². The van der Waals surface area contributed by atoms with Crippen molar-refractivity contribution in [3.8, 4) is 11.5 Å². The molecule has 0 bridgehead atoms. The van der Waals surface area contributed by atoms with Crippen LogP contribution >= 0.6 is 34.9 Å². The number of hydrogen-bond donors (Lipinski definition) is 0. The molecule has 0 unspecified atom stereocenters. The zero-order valence-electron chi connectivity index (χ0n) is 8.83. The second-order valence-corrected chi connectivity index (χ2v) is 6.40. The van der Waals surface area contributed by atoms with Crippen LogP contribution in [0.5, 0.6) is 0 Å². The summed E-state index contributed by atoms with van der Waals surface area (Å²) < 4.78 is 6.34. The smallest absolute Gasteiger partial charge is 0.258 e. The van der Waals surface area contributed by atoms with E-state index in [9.17, 15) is 0 Å². The zero-order valence-corrected chi connectivity index (χ0v) is 11.3. The van der Waals surface area contributed by atoms with Gasteiger partial charge in [-0.1, -0.05) is 28.7 Å². The number of rotatable bonds is 3. The summed E-state index contributed by atoms with van der Waals surface area (Å²) in [5.41, 5.74) is 0.992. The first-order valence-corrected chi connectivity index (χ1v) is 7.98. The molecule has 0 aliphatic carbocycles. The lowest BCUT2D eigenvalue weighted by molar-refractivity contribution is 0.425. The summed E-state index contributed by atoms with van der Waals surface area (Å²) in [6, 6.07) is 1.98. The molecule has 17 heavy (non-hydrogen) atoms. The minimum Gasteiger partial charge on any atom is -0.334 e. The van der Waals surface area contributed by atoms with Gasteiger partial charge in [0.15, 0.2) is 5.82 Å². The third-order valence-corrected chi connectivity index (χ3v) is 5.05. The van der Waals surface area contributed by atoms with Gasteiger partial charge >= 0.3 is 0 Å². The van der Waals surface area contributed by atoms with Crippen LogP contribution in [0.25, 0.3) is 11.5 Å². The van der Waals surface area contributed by atoms with E-state index in [1.165, 1.54) is 0 Å². The second kappa shape index (κ2) is 5.24. The van der Waals surface area contributed by atoms with E-state index < -0.39 is 0 Å². The molecule has 2 aromatic rings. The van der Waals surface area contributed by atoms with Gasteiger partial charge in [0.2, 0.25) is 0 Å². The highest BCUT2D eigenvalue weighted by molar-refractivity contribution is 8.38. The minimum atomic E-state index is 0.600. The van der Waals surface area contributed by atoms with Crippen molar-refractivity contribution in [3.63, 3.8) is 0 Å². The number of nitrogens with zero attached hydrogens (tertiary/aromatic N) is 3. The van der Waals surface area contributed by atoms with Gasteiger partial charge in [-0.2, -0.15) is 16.3 Å². The number of aliphatic imine (C=N–C) groups is 1. The first-order valence-electron chi connectivity index (χ1n) is 5.07. The highest BCUT2D eigenvalue weighted by Gasteiger charge is 2.12. The Morgan fingerprint density at radius 2 is 2.47 bits per heavy atom. The highest BCUT2D eigenvalue weighted by Crippen LogP contribution is 2.26. The Labute approximate surface area is 111 Å². The molecule has 3 heterocycles. The topological polar surface area (TPSA) is 51.3 Å². The average Bonchev–Trinajstić information content (AvgIpc) is 3.09. The lowest BCUT2D eigenvalue weighted by Crippen LogP contribution is -1.87. The summed E-state index contributed by atoms with van der Waals surface area (Å²) in [5, 5.41) is 7.97. The van der Waals surface area contributed by atoms with Crippen LogP contribution < -0.4 is 0 Å². The lowest BCUT2D eigenvalue weighted by atomic mass is 10.3. The molecule has 0 N–H and O–H groups in total. The Balaban J connectivity index is 1.64. The molecule has 0 spiro atoms. The van der Waals surface area contributed by atoms with Crippen molar-refractivity contribution in [2.45, 2.75) is 5.75 Å². The Kier molecular flexibility index (Phi) is 3.49. The molecule has 88 valence electrons. The van der Waals surface area contributed by atoms with Crippen molar-refractivity contribution in [2.24, 2.45) is 4.99 Å². The molecule has 0 aromatic carbocycles. The second-order valence-electron chi connectivity index (χ2n) is 3.31. The maximum atomic E-state index is 5.21. The largest absolute Gasteiger partial charge is 0.334 e. The number of thioether (sulfide) groups is 2. The fourth-order valence-electron chi connectivity index (χ4n) is 1.35. The molecule has 7 heteroatoms. The van der Waals surface area contributed by atoms with Crippen molar-refractivity contribution >= 4 is 39.2 Å². The maximum Gasteiger partial charge on any atom is 0.258 e. The summed E-state index contributed by atoms with van der Waals surface area (Å²) >= 11 is 5.09. The Morgan fingerprint density at radius 1 is 1.47 bits per heavy atom. The molecule has 0 saturated carbocycles. The van der Waals surface area contributed by atoms with Gasteiger partial charge in [0.25, 0.3) is 5.89 Å². The summed E-state index contributed by atoms with van der Waals surface area (Å²) in [7, 11) is 0. The molecule has 0 amide bonds. The van der Waals surface area contributed by atoms with Crippen LogP contribution in [0.1, 0.15) is 5.82 Å². The van der Waals surface area contributed by atoms with Crippen LogP contribution in [0, 0.1) is 0 Å². The van der Waals surface area contributed by atoms with Crippen LogP contribution in [0.4, 0.5) is 0 Å². The SMILES string of the molecule is c1cc(-c2nc(CSC3=NCCS3)no2)cs1. The van der Waals surface area contributed by atoms with Crippen LogP contribution in [-0.4, -0.2) is 26.8 Å². The van der Waals surface area contributed by atoms with Gasteiger partial charge in [-0.05, 0) is 11.4 Å². The minimum absolute atomic E-state index is 0.600. The maximum absolute atomic E-state index is 5.21. The normalized spacial score (nSPS) is 15.2. The predicted octanol–water partition coefficient (Wildman–Crippen LogP) is 3.13. The van der Waals surface area contributed by atoms with Gasteiger partial charge in [-0.25, -0.2) is 0 Å². The van der Waals surface area contributed by atoms with Crippen molar-refractivity contribution in [1.82, 2.24) is 10.1 Å². The van der Waals surface area contributed by atoms with Crippen molar-refractivity contribution in [1.29, 1.82) is 0 Å². The van der Waals surface area contributed by atoms with E-state index in [0.29, 0.717) is 5.89 Å². The molecule has 0 radical (unpaired) electrons. The van der Waals surface area contributed by atoms with Crippen LogP contribution in [0.2, 0.25) is 0 Å².